The predicted molar refractivity (Wildman–Crippen MR) is 268 cm³/mol. The molecular weight excluding hydrogens is 911 g/mol. The summed E-state index contributed by atoms with van der Waals surface area (Å²) in [7, 11) is 2.66. The molecule has 0 aliphatic heterocycles. The van der Waals surface area contributed by atoms with Crippen LogP contribution < -0.4 is 45.5 Å². The number of methoxy groups -OCH3 is 2. The third-order valence-corrected chi connectivity index (χ3v) is 10.0. The molecule has 0 fully saturated rings. The van der Waals surface area contributed by atoms with E-state index >= 15 is 0 Å². The average Bonchev–Trinajstić information content (AvgIpc) is 3.37. The number of pyridine rings is 1. The van der Waals surface area contributed by atoms with Crippen LogP contribution in [0.5, 0.6) is 23.0 Å². The molecule has 5 aromatic rings. The Labute approximate surface area is 410 Å². The molecule has 0 unspecified atom stereocenters. The summed E-state index contributed by atoms with van der Waals surface area (Å²) < 4.78 is 28.1. The van der Waals surface area contributed by atoms with Crippen molar-refractivity contribution in [3.05, 3.63) is 168 Å². The Balaban J connectivity index is 1.25. The van der Waals surface area contributed by atoms with Gasteiger partial charge in [0, 0.05) is 23.0 Å². The largest absolute Gasteiger partial charge is 0.491 e. The summed E-state index contributed by atoms with van der Waals surface area (Å²) in [6, 6.07) is 22.6. The van der Waals surface area contributed by atoms with Gasteiger partial charge in [-0.1, -0.05) is 67.8 Å². The number of hydrogen-bond donors (Lipinski definition) is 5. The summed E-state index contributed by atoms with van der Waals surface area (Å²) in [4.78, 5) is 83.7. The van der Waals surface area contributed by atoms with Gasteiger partial charge in [-0.05, 0) is 86.2 Å². The number of rotatable bonds is 23. The first-order valence-corrected chi connectivity index (χ1v) is 21.7. The number of benzene rings is 4. The minimum absolute atomic E-state index is 0.000160. The van der Waals surface area contributed by atoms with Crippen LogP contribution in [-0.4, -0.2) is 80.6 Å². The van der Waals surface area contributed by atoms with Crippen molar-refractivity contribution in [2.24, 2.45) is 0 Å². The highest BCUT2D eigenvalue weighted by Gasteiger charge is 2.27. The van der Waals surface area contributed by atoms with E-state index in [2.05, 4.69) is 51.3 Å². The molecule has 0 radical (unpaired) electrons. The molecule has 0 saturated carbocycles. The number of carbonyl (C=O) groups excluding carboxylic acids is 6. The maximum absolute atomic E-state index is 13.9. The van der Waals surface area contributed by atoms with Gasteiger partial charge in [-0.2, -0.15) is 5.26 Å². The van der Waals surface area contributed by atoms with Gasteiger partial charge in [0.25, 0.3) is 23.6 Å². The van der Waals surface area contributed by atoms with Gasteiger partial charge in [0.05, 0.1) is 49.2 Å². The van der Waals surface area contributed by atoms with Crippen LogP contribution in [0.15, 0.2) is 135 Å². The third-order valence-electron chi connectivity index (χ3n) is 10.0. The molecule has 0 aliphatic rings. The molecule has 0 aliphatic carbocycles. The van der Waals surface area contributed by atoms with Crippen LogP contribution in [0.4, 0.5) is 22.9 Å². The van der Waals surface area contributed by atoms with E-state index in [1.807, 2.05) is 37.3 Å². The van der Waals surface area contributed by atoms with Crippen LogP contribution in [0.3, 0.4) is 0 Å². The zero-order chi connectivity index (χ0) is 51.5. The Bertz CT molecular complexity index is 2890. The standard InChI is InChI=1S/C53H51N7O11/c1-8-27-69-44-38(51(64)58-41-23-21-39(53(66)71-29-10-3)45(47(41)68-7)70-28-9-2)20-22-40(46(44)67-6)57-49(62)35-15-18-37(19-16-35)56-52(65)42(25-26-54)59-50(63)36-17-24-43(55-31-36)60-48(61)33(5)30-34-13-11-32(4)12-14-34/h8-24,30-31,42H,1-3,25,27-29H2,4-7H3,(H,56,65)(H,57,62)(H,58,64)(H,59,63)(H,55,60,61)/b33-30+/t42-/m0/s1. The average molecular weight is 962 g/mol. The predicted octanol–water partition coefficient (Wildman–Crippen LogP) is 8.08. The lowest BCUT2D eigenvalue weighted by atomic mass is 10.1. The van der Waals surface area contributed by atoms with E-state index in [9.17, 15) is 34.0 Å². The summed E-state index contributed by atoms with van der Waals surface area (Å²) >= 11 is 0. The van der Waals surface area contributed by atoms with E-state index in [-0.39, 0.29) is 100 Å². The van der Waals surface area contributed by atoms with Crippen LogP contribution in [0, 0.1) is 18.3 Å². The second-order valence-electron chi connectivity index (χ2n) is 15.1. The molecule has 1 aromatic heterocycles. The van der Waals surface area contributed by atoms with E-state index in [4.69, 9.17) is 23.7 Å². The van der Waals surface area contributed by atoms with Crippen molar-refractivity contribution >= 4 is 64.5 Å². The number of ether oxygens (including phenoxy) is 5. The van der Waals surface area contributed by atoms with Gasteiger partial charge < -0.3 is 50.3 Å². The monoisotopic (exact) mass is 961 g/mol. The summed E-state index contributed by atoms with van der Waals surface area (Å²) in [5.41, 5.74) is 3.18. The van der Waals surface area contributed by atoms with Crippen molar-refractivity contribution in [1.29, 1.82) is 5.26 Å². The maximum atomic E-state index is 13.9. The van der Waals surface area contributed by atoms with Gasteiger partial charge in [0.15, 0.2) is 23.0 Å². The van der Waals surface area contributed by atoms with E-state index in [1.54, 1.807) is 13.0 Å². The summed E-state index contributed by atoms with van der Waals surface area (Å²) in [6.45, 7) is 14.4. The van der Waals surface area contributed by atoms with Gasteiger partial charge in [-0.3, -0.25) is 24.0 Å². The number of esters is 1. The van der Waals surface area contributed by atoms with Crippen molar-refractivity contribution in [3.63, 3.8) is 0 Å². The number of nitriles is 1. The Hall–Kier alpha value is -9.50. The second-order valence-corrected chi connectivity index (χ2v) is 15.1. The van der Waals surface area contributed by atoms with E-state index in [0.717, 1.165) is 11.1 Å². The van der Waals surface area contributed by atoms with Crippen LogP contribution in [0.25, 0.3) is 6.08 Å². The number of anilines is 4. The highest BCUT2D eigenvalue weighted by atomic mass is 16.5. The minimum Gasteiger partial charge on any atom is -0.491 e. The van der Waals surface area contributed by atoms with Gasteiger partial charge in [0.1, 0.15) is 37.2 Å². The fraction of sp³-hybridized carbons (Fsp3) is 0.170. The zero-order valence-electron chi connectivity index (χ0n) is 39.4. The zero-order valence-corrected chi connectivity index (χ0v) is 39.4. The first-order valence-electron chi connectivity index (χ1n) is 21.7. The Morgan fingerprint density at radius 2 is 1.24 bits per heavy atom. The lowest BCUT2D eigenvalue weighted by Gasteiger charge is -2.20. The summed E-state index contributed by atoms with van der Waals surface area (Å²) in [5, 5.41) is 22.8. The maximum Gasteiger partial charge on any atom is 0.342 e. The van der Waals surface area contributed by atoms with Crippen molar-refractivity contribution < 1.29 is 52.5 Å². The van der Waals surface area contributed by atoms with Gasteiger partial charge in [-0.25, -0.2) is 9.78 Å². The number of aromatic nitrogens is 1. The molecule has 0 spiro atoms. The van der Waals surface area contributed by atoms with Crippen LogP contribution in [0.2, 0.25) is 0 Å². The second kappa shape index (κ2) is 25.6. The van der Waals surface area contributed by atoms with E-state index in [0.29, 0.717) is 5.57 Å². The van der Waals surface area contributed by atoms with Crippen LogP contribution in [0.1, 0.15) is 65.9 Å². The molecule has 0 saturated heterocycles. The number of nitrogens with zero attached hydrogens (tertiary/aromatic N) is 2. The molecule has 71 heavy (non-hydrogen) atoms. The minimum atomic E-state index is -1.27. The normalized spacial score (nSPS) is 11.0. The van der Waals surface area contributed by atoms with Gasteiger partial charge in [0.2, 0.25) is 5.91 Å². The first-order chi connectivity index (χ1) is 34.2. The van der Waals surface area contributed by atoms with Crippen molar-refractivity contribution in [3.8, 4) is 29.1 Å². The number of amides is 5. The molecule has 5 rings (SSSR count). The molecule has 18 nitrogen and oxygen atoms in total. The molecule has 4 aromatic carbocycles. The molecule has 1 heterocycles. The van der Waals surface area contributed by atoms with E-state index < -0.39 is 35.6 Å². The highest BCUT2D eigenvalue weighted by Crippen LogP contribution is 2.42. The molecule has 1 atom stereocenters. The fourth-order valence-corrected chi connectivity index (χ4v) is 6.51. The highest BCUT2D eigenvalue weighted by molar-refractivity contribution is 6.11. The number of hydrogen-bond acceptors (Lipinski definition) is 13. The van der Waals surface area contributed by atoms with Gasteiger partial charge >= 0.3 is 5.97 Å². The number of nitrogens with one attached hydrogen (secondary N) is 5. The van der Waals surface area contributed by atoms with Gasteiger partial charge in [-0.15, -0.1) is 0 Å². The molecule has 18 heteroatoms. The van der Waals surface area contributed by atoms with Crippen molar-refractivity contribution in [2.45, 2.75) is 26.3 Å². The topological polar surface area (TPSA) is 245 Å². The lowest BCUT2D eigenvalue weighted by molar-refractivity contribution is -0.118. The Morgan fingerprint density at radius 3 is 1.80 bits per heavy atom. The quantitative estimate of drug-likeness (QED) is 0.0236. The smallest absolute Gasteiger partial charge is 0.342 e. The van der Waals surface area contributed by atoms with E-state index in [1.165, 1.54) is 99.3 Å². The molecule has 5 amide bonds. The number of carbonyl (C=O) groups is 6. The Kier molecular flexibility index (Phi) is 18.9. The fourth-order valence-electron chi connectivity index (χ4n) is 6.51. The van der Waals surface area contributed by atoms with Crippen molar-refractivity contribution in [1.82, 2.24) is 10.3 Å². The molecule has 0 bridgehead atoms. The third kappa shape index (κ3) is 14.0. The summed E-state index contributed by atoms with van der Waals surface area (Å²) in [6.07, 6.45) is 6.93. The SMILES string of the molecule is C=CCOC(=O)c1ccc(NC(=O)c2ccc(NC(=O)c3ccc(NC(=O)[C@H](CC#N)NC(=O)c4ccc(NC(=O)/C(C)=C/c5ccc(C)cc5)nc4)cc3)c(OC)c2OCC=C)c(OC)c1OCC=C. The molecular formula is C53H51N7O11. The Morgan fingerprint density at radius 1 is 0.662 bits per heavy atom. The van der Waals surface area contributed by atoms with Crippen molar-refractivity contribution in [2.75, 3.05) is 55.3 Å². The van der Waals surface area contributed by atoms with Crippen LogP contribution >= 0.6 is 0 Å². The van der Waals surface area contributed by atoms with Crippen LogP contribution in [-0.2, 0) is 14.3 Å². The number of aryl methyl sites for hydroxylation is 1. The molecule has 5 N–H and O–H groups in total. The summed E-state index contributed by atoms with van der Waals surface area (Å²) in [5.74, 6) is -3.58. The molecule has 364 valence electrons. The lowest BCUT2D eigenvalue weighted by Crippen LogP contribution is -2.43. The first kappa shape index (κ1) is 52.5.